The van der Waals surface area contributed by atoms with Crippen LogP contribution in [0.15, 0.2) is 22.7 Å². The van der Waals surface area contributed by atoms with Gasteiger partial charge in [-0.25, -0.2) is 0 Å². The Labute approximate surface area is 122 Å². The van der Waals surface area contributed by atoms with Crippen molar-refractivity contribution in [3.8, 4) is 0 Å². The zero-order chi connectivity index (χ0) is 15.0. The zero-order valence-electron chi connectivity index (χ0n) is 10.4. The van der Waals surface area contributed by atoms with Crippen molar-refractivity contribution in [2.75, 3.05) is 6.54 Å². The van der Waals surface area contributed by atoms with Gasteiger partial charge in [0.2, 0.25) is 0 Å². The molecule has 2 N–H and O–H groups in total. The molecule has 0 saturated heterocycles. The van der Waals surface area contributed by atoms with E-state index in [9.17, 15) is 23.1 Å². The first-order valence-corrected chi connectivity index (χ1v) is 6.88. The largest absolute Gasteiger partial charge is 0.417 e. The van der Waals surface area contributed by atoms with Gasteiger partial charge in [-0.05, 0) is 37.5 Å². The molecule has 0 heterocycles. The first kappa shape index (κ1) is 15.3. The summed E-state index contributed by atoms with van der Waals surface area (Å²) in [6.45, 7) is 0.0588. The van der Waals surface area contributed by atoms with E-state index in [0.717, 1.165) is 12.5 Å². The molecule has 1 aliphatic carbocycles. The molecule has 0 atom stereocenters. The van der Waals surface area contributed by atoms with Gasteiger partial charge in [-0.3, -0.25) is 4.79 Å². The highest BCUT2D eigenvalue weighted by molar-refractivity contribution is 9.10. The SMILES string of the molecule is O=C(NCC1(O)CCC1)c1ccc(Br)c(C(F)(F)F)c1. The lowest BCUT2D eigenvalue weighted by atomic mass is 9.80. The molecule has 2 rings (SSSR count). The van der Waals surface area contributed by atoms with Gasteiger partial charge in [0, 0.05) is 16.6 Å². The fourth-order valence-corrected chi connectivity index (χ4v) is 2.46. The fraction of sp³-hybridized carbons (Fsp3) is 0.462. The highest BCUT2D eigenvalue weighted by Crippen LogP contribution is 2.35. The van der Waals surface area contributed by atoms with Crippen LogP contribution in [0.5, 0.6) is 0 Å². The van der Waals surface area contributed by atoms with Gasteiger partial charge in [0.1, 0.15) is 0 Å². The molecule has 1 aliphatic rings. The number of alkyl halides is 3. The van der Waals surface area contributed by atoms with Gasteiger partial charge >= 0.3 is 6.18 Å². The number of benzene rings is 1. The summed E-state index contributed by atoms with van der Waals surface area (Å²) < 4.78 is 38.1. The third-order valence-electron chi connectivity index (χ3n) is 3.40. The number of hydrogen-bond acceptors (Lipinski definition) is 2. The van der Waals surface area contributed by atoms with Crippen LogP contribution in [-0.2, 0) is 6.18 Å². The lowest BCUT2D eigenvalue weighted by Crippen LogP contribution is -2.47. The molecule has 1 saturated carbocycles. The Morgan fingerprint density at radius 2 is 2.05 bits per heavy atom. The summed E-state index contributed by atoms with van der Waals surface area (Å²) in [5.74, 6) is -0.622. The Kier molecular flexibility index (Phi) is 4.11. The van der Waals surface area contributed by atoms with E-state index in [2.05, 4.69) is 21.2 Å². The van der Waals surface area contributed by atoms with E-state index in [1.54, 1.807) is 0 Å². The van der Waals surface area contributed by atoms with E-state index >= 15 is 0 Å². The normalized spacial score (nSPS) is 17.4. The lowest BCUT2D eigenvalue weighted by molar-refractivity contribution is -0.138. The Morgan fingerprint density at radius 3 is 2.55 bits per heavy atom. The van der Waals surface area contributed by atoms with Gasteiger partial charge in [0.05, 0.1) is 11.2 Å². The first-order valence-electron chi connectivity index (χ1n) is 6.09. The monoisotopic (exact) mass is 351 g/mol. The number of carbonyl (C=O) groups excluding carboxylic acids is 1. The minimum absolute atomic E-state index is 0.0588. The predicted molar refractivity (Wildman–Crippen MR) is 70.3 cm³/mol. The number of carbonyl (C=O) groups is 1. The average Bonchev–Trinajstić information content (AvgIpc) is 2.32. The second-order valence-electron chi connectivity index (χ2n) is 4.95. The van der Waals surface area contributed by atoms with Gasteiger partial charge < -0.3 is 10.4 Å². The molecule has 20 heavy (non-hydrogen) atoms. The van der Waals surface area contributed by atoms with Crippen LogP contribution in [-0.4, -0.2) is 23.2 Å². The van der Waals surface area contributed by atoms with E-state index in [1.807, 2.05) is 0 Å². The summed E-state index contributed by atoms with van der Waals surface area (Å²) in [5.41, 5.74) is -1.88. The molecule has 110 valence electrons. The van der Waals surface area contributed by atoms with Gasteiger partial charge in [-0.1, -0.05) is 15.9 Å². The number of hydrogen-bond donors (Lipinski definition) is 2. The topological polar surface area (TPSA) is 49.3 Å². The molecule has 1 fully saturated rings. The summed E-state index contributed by atoms with van der Waals surface area (Å²) in [6, 6.07) is 3.29. The van der Waals surface area contributed by atoms with E-state index in [1.165, 1.54) is 12.1 Å². The molecular formula is C13H13BrF3NO2. The average molecular weight is 352 g/mol. The summed E-state index contributed by atoms with van der Waals surface area (Å²) in [6.07, 6.45) is -2.44. The van der Waals surface area contributed by atoms with Crippen LogP contribution in [0.4, 0.5) is 13.2 Å². The third kappa shape index (κ3) is 3.32. The molecule has 0 unspecified atom stereocenters. The van der Waals surface area contributed by atoms with Gasteiger partial charge in [0.25, 0.3) is 5.91 Å². The molecule has 0 aromatic heterocycles. The van der Waals surface area contributed by atoms with Crippen molar-refractivity contribution in [3.05, 3.63) is 33.8 Å². The highest BCUT2D eigenvalue weighted by atomic mass is 79.9. The smallest absolute Gasteiger partial charge is 0.388 e. The van der Waals surface area contributed by atoms with Crippen molar-refractivity contribution < 1.29 is 23.1 Å². The quantitative estimate of drug-likeness (QED) is 0.878. The van der Waals surface area contributed by atoms with E-state index in [-0.39, 0.29) is 16.6 Å². The summed E-state index contributed by atoms with van der Waals surface area (Å²) >= 11 is 2.81. The van der Waals surface area contributed by atoms with Gasteiger partial charge in [0.15, 0.2) is 0 Å². The maximum Gasteiger partial charge on any atom is 0.417 e. The number of rotatable bonds is 3. The fourth-order valence-electron chi connectivity index (χ4n) is 1.99. The van der Waals surface area contributed by atoms with Crippen molar-refractivity contribution in [2.24, 2.45) is 0 Å². The second-order valence-corrected chi connectivity index (χ2v) is 5.81. The van der Waals surface area contributed by atoms with Crippen LogP contribution >= 0.6 is 15.9 Å². The van der Waals surface area contributed by atoms with Crippen molar-refractivity contribution in [2.45, 2.75) is 31.0 Å². The van der Waals surface area contributed by atoms with E-state index in [0.29, 0.717) is 12.8 Å². The molecular weight excluding hydrogens is 339 g/mol. The Hall–Kier alpha value is -1.08. The second kappa shape index (κ2) is 5.37. The Balaban J connectivity index is 2.10. The lowest BCUT2D eigenvalue weighted by Gasteiger charge is -2.36. The standard InChI is InChI=1S/C13H13BrF3NO2/c14-10-3-2-8(6-9(10)13(15,16)17)11(19)18-7-12(20)4-1-5-12/h2-3,6,20H,1,4-5,7H2,(H,18,19). The van der Waals surface area contributed by atoms with Gasteiger partial charge in [-0.15, -0.1) is 0 Å². The number of amides is 1. The molecule has 0 bridgehead atoms. The zero-order valence-corrected chi connectivity index (χ0v) is 12.0. The molecule has 3 nitrogen and oxygen atoms in total. The van der Waals surface area contributed by atoms with Crippen LogP contribution in [0.3, 0.4) is 0 Å². The number of aliphatic hydroxyl groups is 1. The van der Waals surface area contributed by atoms with E-state index < -0.39 is 23.2 Å². The van der Waals surface area contributed by atoms with Crippen molar-refractivity contribution in [3.63, 3.8) is 0 Å². The highest BCUT2D eigenvalue weighted by Gasteiger charge is 2.35. The predicted octanol–water partition coefficient (Wildman–Crippen LogP) is 3.11. The van der Waals surface area contributed by atoms with Crippen LogP contribution in [0.1, 0.15) is 35.2 Å². The van der Waals surface area contributed by atoms with Gasteiger partial charge in [-0.2, -0.15) is 13.2 Å². The Bertz CT molecular complexity index is 527. The first-order chi connectivity index (χ1) is 9.21. The van der Waals surface area contributed by atoms with E-state index in [4.69, 9.17) is 0 Å². The van der Waals surface area contributed by atoms with Crippen molar-refractivity contribution >= 4 is 21.8 Å². The Morgan fingerprint density at radius 1 is 1.40 bits per heavy atom. The summed E-state index contributed by atoms with van der Waals surface area (Å²) in [4.78, 5) is 11.8. The maximum absolute atomic E-state index is 12.7. The molecule has 1 amide bonds. The van der Waals surface area contributed by atoms with Crippen LogP contribution in [0.2, 0.25) is 0 Å². The van der Waals surface area contributed by atoms with Crippen LogP contribution in [0, 0.1) is 0 Å². The minimum atomic E-state index is -4.53. The molecule has 0 spiro atoms. The molecule has 1 aromatic rings. The summed E-state index contributed by atoms with van der Waals surface area (Å²) in [5, 5.41) is 12.3. The minimum Gasteiger partial charge on any atom is -0.388 e. The molecule has 1 aromatic carbocycles. The number of nitrogens with one attached hydrogen (secondary N) is 1. The maximum atomic E-state index is 12.7. The van der Waals surface area contributed by atoms with Crippen molar-refractivity contribution in [1.29, 1.82) is 0 Å². The van der Waals surface area contributed by atoms with Crippen LogP contribution in [0.25, 0.3) is 0 Å². The molecule has 0 aliphatic heterocycles. The third-order valence-corrected chi connectivity index (χ3v) is 4.09. The molecule has 0 radical (unpaired) electrons. The summed E-state index contributed by atoms with van der Waals surface area (Å²) in [7, 11) is 0. The number of halogens is 4. The van der Waals surface area contributed by atoms with Crippen molar-refractivity contribution in [1.82, 2.24) is 5.32 Å². The van der Waals surface area contributed by atoms with Crippen LogP contribution < -0.4 is 5.32 Å². The molecule has 7 heteroatoms.